The summed E-state index contributed by atoms with van der Waals surface area (Å²) in [6.45, 7) is 12.5. The summed E-state index contributed by atoms with van der Waals surface area (Å²) >= 11 is 0. The van der Waals surface area contributed by atoms with E-state index in [4.69, 9.17) is 16.7 Å². The standard InChI is InChI=1S/C8H23N5.C4H10O2/c9-1-3-11-5-7-13-8-6-12-4-2-10;1-4(2,3)6-5/h11-13H,1-10H2;5H,1-3H3. The molecule has 0 fully saturated rings. The highest BCUT2D eigenvalue weighted by Gasteiger charge is 2.06. The third-order valence-corrected chi connectivity index (χ3v) is 1.87. The fourth-order valence-corrected chi connectivity index (χ4v) is 0.933. The van der Waals surface area contributed by atoms with E-state index in [-0.39, 0.29) is 0 Å². The highest BCUT2D eigenvalue weighted by atomic mass is 17.1. The van der Waals surface area contributed by atoms with E-state index < -0.39 is 5.60 Å². The maximum Gasteiger partial charge on any atom is 0.0949 e. The second kappa shape index (κ2) is 15.8. The van der Waals surface area contributed by atoms with Gasteiger partial charge in [0.1, 0.15) is 0 Å². The molecule has 7 nitrogen and oxygen atoms in total. The average molecular weight is 279 g/mol. The molecule has 0 atom stereocenters. The zero-order chi connectivity index (χ0) is 15.0. The van der Waals surface area contributed by atoms with Crippen LogP contribution in [0.5, 0.6) is 0 Å². The third-order valence-electron chi connectivity index (χ3n) is 1.87. The van der Waals surface area contributed by atoms with E-state index in [1.54, 1.807) is 20.8 Å². The van der Waals surface area contributed by atoms with Crippen LogP contribution in [0.4, 0.5) is 0 Å². The zero-order valence-electron chi connectivity index (χ0n) is 12.7. The zero-order valence-corrected chi connectivity index (χ0v) is 12.7. The van der Waals surface area contributed by atoms with E-state index >= 15 is 0 Å². The molecule has 0 saturated heterocycles. The molecule has 0 aliphatic carbocycles. The predicted octanol–water partition coefficient (Wildman–Crippen LogP) is -1.05. The van der Waals surface area contributed by atoms with Crippen LogP contribution < -0.4 is 27.4 Å². The molecule has 0 heterocycles. The van der Waals surface area contributed by atoms with Crippen LogP contribution in [0.15, 0.2) is 0 Å². The minimum atomic E-state index is -0.403. The van der Waals surface area contributed by atoms with E-state index in [2.05, 4.69) is 20.8 Å². The van der Waals surface area contributed by atoms with Crippen molar-refractivity contribution in [3.8, 4) is 0 Å². The van der Waals surface area contributed by atoms with Crippen LogP contribution in [0.1, 0.15) is 20.8 Å². The Morgan fingerprint density at radius 2 is 1.05 bits per heavy atom. The molecule has 0 aromatic heterocycles. The SMILES string of the molecule is CC(C)(C)OO.NCCNCCNCCNCCN. The van der Waals surface area contributed by atoms with Crippen molar-refractivity contribution in [2.45, 2.75) is 26.4 Å². The Bertz CT molecular complexity index is 155. The smallest absolute Gasteiger partial charge is 0.0949 e. The van der Waals surface area contributed by atoms with Crippen LogP contribution in [-0.2, 0) is 4.89 Å². The Balaban J connectivity index is 0. The molecule has 7 heteroatoms. The molecule has 118 valence electrons. The Hall–Kier alpha value is -0.280. The highest BCUT2D eigenvalue weighted by Crippen LogP contribution is 2.01. The fraction of sp³-hybridized carbons (Fsp3) is 1.00. The van der Waals surface area contributed by atoms with Crippen molar-refractivity contribution < 1.29 is 10.1 Å². The number of rotatable bonds is 10. The lowest BCUT2D eigenvalue weighted by molar-refractivity contribution is -0.306. The molecule has 19 heavy (non-hydrogen) atoms. The number of nitrogens with two attached hydrogens (primary N) is 2. The van der Waals surface area contributed by atoms with Crippen molar-refractivity contribution in [2.75, 3.05) is 52.4 Å². The molecule has 0 spiro atoms. The molecule has 0 aromatic carbocycles. The Morgan fingerprint density at radius 3 is 1.26 bits per heavy atom. The van der Waals surface area contributed by atoms with Gasteiger partial charge in [0.15, 0.2) is 0 Å². The predicted molar refractivity (Wildman–Crippen MR) is 80.2 cm³/mol. The van der Waals surface area contributed by atoms with Gasteiger partial charge in [-0.2, -0.15) is 0 Å². The lowest BCUT2D eigenvalue weighted by Gasteiger charge is -2.10. The maximum atomic E-state index is 7.90. The minimum Gasteiger partial charge on any atom is -0.329 e. The topological polar surface area (TPSA) is 118 Å². The van der Waals surface area contributed by atoms with Gasteiger partial charge in [-0.15, -0.1) is 0 Å². The van der Waals surface area contributed by atoms with Crippen molar-refractivity contribution in [3.63, 3.8) is 0 Å². The minimum absolute atomic E-state index is 0.403. The molecule has 0 saturated carbocycles. The van der Waals surface area contributed by atoms with Crippen LogP contribution in [0.3, 0.4) is 0 Å². The molecular weight excluding hydrogens is 246 g/mol. The van der Waals surface area contributed by atoms with Crippen LogP contribution >= 0.6 is 0 Å². The monoisotopic (exact) mass is 279 g/mol. The first-order chi connectivity index (χ1) is 8.97. The summed E-state index contributed by atoms with van der Waals surface area (Å²) in [5.74, 6) is 0. The summed E-state index contributed by atoms with van der Waals surface area (Å²) < 4.78 is 0. The van der Waals surface area contributed by atoms with Gasteiger partial charge in [0, 0.05) is 52.4 Å². The molecule has 0 rings (SSSR count). The van der Waals surface area contributed by atoms with E-state index in [0.29, 0.717) is 13.1 Å². The second-order valence-electron chi connectivity index (χ2n) is 5.03. The van der Waals surface area contributed by atoms with Gasteiger partial charge in [0.05, 0.1) is 5.60 Å². The van der Waals surface area contributed by atoms with E-state index in [1.807, 2.05) is 0 Å². The van der Waals surface area contributed by atoms with Gasteiger partial charge >= 0.3 is 0 Å². The Labute approximate surface area is 117 Å². The van der Waals surface area contributed by atoms with Crippen LogP contribution in [-0.4, -0.2) is 63.2 Å². The van der Waals surface area contributed by atoms with Crippen molar-refractivity contribution >= 4 is 0 Å². The van der Waals surface area contributed by atoms with Gasteiger partial charge in [-0.1, -0.05) is 0 Å². The molecular formula is C12H33N5O2. The number of hydrogen-bond acceptors (Lipinski definition) is 7. The summed E-state index contributed by atoms with van der Waals surface area (Å²) in [6.07, 6.45) is 0. The third kappa shape index (κ3) is 27.1. The quantitative estimate of drug-likeness (QED) is 0.172. The molecule has 0 radical (unpaired) electrons. The Morgan fingerprint density at radius 1 is 0.789 bits per heavy atom. The van der Waals surface area contributed by atoms with Gasteiger partial charge in [0.2, 0.25) is 0 Å². The summed E-state index contributed by atoms with van der Waals surface area (Å²) in [4.78, 5) is 3.94. The van der Waals surface area contributed by atoms with Crippen molar-refractivity contribution in [3.05, 3.63) is 0 Å². The molecule has 8 N–H and O–H groups in total. The molecule has 0 bridgehead atoms. The van der Waals surface area contributed by atoms with E-state index in [0.717, 1.165) is 39.3 Å². The summed E-state index contributed by atoms with van der Waals surface area (Å²) in [5, 5.41) is 17.6. The molecule has 0 aromatic rings. The van der Waals surface area contributed by atoms with Crippen molar-refractivity contribution in [1.82, 2.24) is 16.0 Å². The van der Waals surface area contributed by atoms with Gasteiger partial charge in [0.25, 0.3) is 0 Å². The van der Waals surface area contributed by atoms with Gasteiger partial charge in [-0.05, 0) is 20.8 Å². The lowest BCUT2D eigenvalue weighted by atomic mass is 10.2. The lowest BCUT2D eigenvalue weighted by Crippen LogP contribution is -2.35. The summed E-state index contributed by atoms with van der Waals surface area (Å²) in [5.41, 5.74) is 10.2. The largest absolute Gasteiger partial charge is 0.329 e. The van der Waals surface area contributed by atoms with Crippen molar-refractivity contribution in [2.24, 2.45) is 11.5 Å². The fourth-order valence-electron chi connectivity index (χ4n) is 0.933. The first-order valence-electron chi connectivity index (χ1n) is 6.82. The van der Waals surface area contributed by atoms with Crippen molar-refractivity contribution in [1.29, 1.82) is 0 Å². The van der Waals surface area contributed by atoms with E-state index in [9.17, 15) is 0 Å². The summed E-state index contributed by atoms with van der Waals surface area (Å²) in [6, 6.07) is 0. The van der Waals surface area contributed by atoms with Gasteiger partial charge in [-0.25, -0.2) is 4.89 Å². The summed E-state index contributed by atoms with van der Waals surface area (Å²) in [7, 11) is 0. The molecule has 0 aliphatic heterocycles. The number of nitrogens with one attached hydrogen (secondary N) is 3. The second-order valence-corrected chi connectivity index (χ2v) is 5.03. The van der Waals surface area contributed by atoms with Gasteiger partial charge < -0.3 is 27.4 Å². The number of hydrogen-bond donors (Lipinski definition) is 6. The molecule has 0 amide bonds. The Kier molecular flexibility index (Phi) is 17.5. The maximum absolute atomic E-state index is 7.90. The first kappa shape index (κ1) is 21.0. The van der Waals surface area contributed by atoms with E-state index in [1.165, 1.54) is 0 Å². The van der Waals surface area contributed by atoms with Crippen LogP contribution in [0.25, 0.3) is 0 Å². The van der Waals surface area contributed by atoms with Gasteiger partial charge in [-0.3, -0.25) is 5.26 Å². The average Bonchev–Trinajstić information content (AvgIpc) is 2.37. The normalized spacial score (nSPS) is 11.1. The molecule has 0 unspecified atom stereocenters. The molecule has 0 aliphatic rings. The van der Waals surface area contributed by atoms with Crippen LogP contribution in [0.2, 0.25) is 0 Å². The first-order valence-corrected chi connectivity index (χ1v) is 6.82. The van der Waals surface area contributed by atoms with Crippen LogP contribution in [0, 0.1) is 0 Å². The highest BCUT2D eigenvalue weighted by molar-refractivity contribution is 4.55.